The summed E-state index contributed by atoms with van der Waals surface area (Å²) in [5, 5.41) is 0.600. The molecule has 1 fully saturated rings. The van der Waals surface area contributed by atoms with E-state index in [0.717, 1.165) is 23.8 Å². The molecule has 2 unspecified atom stereocenters. The van der Waals surface area contributed by atoms with Crippen LogP contribution in [-0.4, -0.2) is 5.88 Å². The van der Waals surface area contributed by atoms with Gasteiger partial charge in [0.2, 0.25) is 0 Å². The Kier molecular flexibility index (Phi) is 3.44. The number of rotatable bonds is 3. The van der Waals surface area contributed by atoms with Crippen molar-refractivity contribution in [3.63, 3.8) is 0 Å². The highest BCUT2D eigenvalue weighted by Crippen LogP contribution is 2.58. The molecule has 0 saturated carbocycles. The van der Waals surface area contributed by atoms with Gasteiger partial charge in [0, 0.05) is 10.6 Å². The minimum absolute atomic E-state index is 0.0423. The molecule has 0 amide bonds. The molecule has 20 heavy (non-hydrogen) atoms. The summed E-state index contributed by atoms with van der Waals surface area (Å²) in [7, 11) is 0. The Balaban J connectivity index is 1.99. The summed E-state index contributed by atoms with van der Waals surface area (Å²) in [4.78, 5) is 0. The fraction of sp³-hybridized carbons (Fsp3) is 0.200. The van der Waals surface area contributed by atoms with Crippen molar-refractivity contribution in [3.8, 4) is 0 Å². The van der Waals surface area contributed by atoms with Gasteiger partial charge >= 0.3 is 0 Å². The molecule has 5 heteroatoms. The van der Waals surface area contributed by atoms with Crippen molar-refractivity contribution in [2.24, 2.45) is 0 Å². The molecule has 1 aliphatic rings. The van der Waals surface area contributed by atoms with Gasteiger partial charge in [-0.3, -0.25) is 0 Å². The lowest BCUT2D eigenvalue weighted by molar-refractivity contribution is 0.309. The predicted molar refractivity (Wildman–Crippen MR) is 74.0 cm³/mol. The zero-order valence-electron chi connectivity index (χ0n) is 10.2. The summed E-state index contributed by atoms with van der Waals surface area (Å²) in [6, 6.07) is 10.3. The molecule has 3 rings (SSSR count). The highest BCUT2D eigenvalue weighted by atomic mass is 35.5. The molecule has 1 heterocycles. The first-order valence-electron chi connectivity index (χ1n) is 6.01. The van der Waals surface area contributed by atoms with Crippen LogP contribution in [0.5, 0.6) is 0 Å². The van der Waals surface area contributed by atoms with Crippen LogP contribution in [-0.2, 0) is 10.3 Å². The maximum Gasteiger partial charge on any atom is 0.141 e. The van der Waals surface area contributed by atoms with E-state index in [4.69, 9.17) is 27.9 Å². The normalized spacial score (nSPS) is 24.7. The van der Waals surface area contributed by atoms with Crippen LogP contribution in [0, 0.1) is 11.6 Å². The number of hydrogen-bond acceptors (Lipinski definition) is 1. The van der Waals surface area contributed by atoms with E-state index in [1.54, 1.807) is 24.3 Å². The molecule has 2 aromatic carbocycles. The van der Waals surface area contributed by atoms with Crippen molar-refractivity contribution in [1.29, 1.82) is 0 Å². The summed E-state index contributed by atoms with van der Waals surface area (Å²) in [5.74, 6) is -1.000. The van der Waals surface area contributed by atoms with Crippen LogP contribution in [0.4, 0.5) is 8.78 Å². The van der Waals surface area contributed by atoms with Gasteiger partial charge in [0.25, 0.3) is 0 Å². The van der Waals surface area contributed by atoms with Crippen molar-refractivity contribution < 1.29 is 13.5 Å². The van der Waals surface area contributed by atoms with Gasteiger partial charge in [-0.2, -0.15) is 0 Å². The molecule has 0 aromatic heterocycles. The maximum absolute atomic E-state index is 13.9. The van der Waals surface area contributed by atoms with Gasteiger partial charge < -0.3 is 4.74 Å². The Morgan fingerprint density at radius 1 is 1.10 bits per heavy atom. The number of epoxide rings is 1. The molecule has 0 aliphatic carbocycles. The van der Waals surface area contributed by atoms with Crippen molar-refractivity contribution in [2.45, 2.75) is 11.7 Å². The lowest BCUT2D eigenvalue weighted by Crippen LogP contribution is -2.15. The van der Waals surface area contributed by atoms with Crippen molar-refractivity contribution in [3.05, 3.63) is 70.2 Å². The molecular weight excluding hydrogens is 305 g/mol. The van der Waals surface area contributed by atoms with Crippen LogP contribution in [0.3, 0.4) is 0 Å². The third-order valence-corrected chi connectivity index (χ3v) is 4.10. The van der Waals surface area contributed by atoms with Gasteiger partial charge in [-0.1, -0.05) is 23.7 Å². The number of ether oxygens (including phenoxy) is 1. The van der Waals surface area contributed by atoms with Gasteiger partial charge in [-0.25, -0.2) is 8.78 Å². The van der Waals surface area contributed by atoms with E-state index in [-0.39, 0.29) is 11.4 Å². The van der Waals surface area contributed by atoms with Gasteiger partial charge in [0.1, 0.15) is 23.3 Å². The predicted octanol–water partition coefficient (Wildman–Crippen LogP) is 4.82. The zero-order chi connectivity index (χ0) is 14.3. The molecule has 2 aromatic rings. The molecule has 0 spiro atoms. The largest absolute Gasteiger partial charge is 0.354 e. The SMILES string of the molecule is Fc1ccc(F)c(C2(CCl)OC2c2ccc(Cl)cc2)c1. The van der Waals surface area contributed by atoms with Crippen LogP contribution in [0.25, 0.3) is 0 Å². The minimum atomic E-state index is -1.01. The van der Waals surface area contributed by atoms with E-state index in [1.807, 2.05) is 0 Å². The molecular formula is C15H10Cl2F2O. The average molecular weight is 315 g/mol. The number of hydrogen-bond donors (Lipinski definition) is 0. The lowest BCUT2D eigenvalue weighted by atomic mass is 9.93. The second-order valence-corrected chi connectivity index (χ2v) is 5.40. The van der Waals surface area contributed by atoms with Gasteiger partial charge in [-0.15, -0.1) is 11.6 Å². The molecule has 0 N–H and O–H groups in total. The van der Waals surface area contributed by atoms with E-state index in [0.29, 0.717) is 5.02 Å². The fourth-order valence-corrected chi connectivity index (χ4v) is 2.82. The Morgan fingerprint density at radius 3 is 2.45 bits per heavy atom. The summed E-state index contributed by atoms with van der Waals surface area (Å²) in [5.41, 5.74) is -0.0344. The second-order valence-electron chi connectivity index (χ2n) is 4.70. The quantitative estimate of drug-likeness (QED) is 0.584. The summed E-state index contributed by atoms with van der Waals surface area (Å²) >= 11 is 11.8. The first-order chi connectivity index (χ1) is 9.56. The van der Waals surface area contributed by atoms with E-state index >= 15 is 0 Å². The first kappa shape index (κ1) is 13.8. The summed E-state index contributed by atoms with van der Waals surface area (Å²) < 4.78 is 32.9. The molecule has 1 aliphatic heterocycles. The summed E-state index contributed by atoms with van der Waals surface area (Å²) in [6.45, 7) is 0. The van der Waals surface area contributed by atoms with Gasteiger partial charge in [-0.05, 0) is 35.9 Å². The average Bonchev–Trinajstić information content (AvgIpc) is 3.18. The zero-order valence-corrected chi connectivity index (χ0v) is 11.8. The topological polar surface area (TPSA) is 12.5 Å². The number of alkyl halides is 1. The van der Waals surface area contributed by atoms with E-state index in [9.17, 15) is 8.78 Å². The van der Waals surface area contributed by atoms with E-state index in [2.05, 4.69) is 0 Å². The number of halogens is 4. The fourth-order valence-electron chi connectivity index (χ4n) is 2.35. The first-order valence-corrected chi connectivity index (χ1v) is 6.93. The van der Waals surface area contributed by atoms with Crippen molar-refractivity contribution >= 4 is 23.2 Å². The molecule has 1 nitrogen and oxygen atoms in total. The van der Waals surface area contributed by atoms with Crippen LogP contribution < -0.4 is 0 Å². The minimum Gasteiger partial charge on any atom is -0.354 e. The standard InChI is InChI=1S/C15H10Cl2F2O/c16-8-15(12-7-11(18)5-6-13(12)19)14(20-15)9-1-3-10(17)4-2-9/h1-7,14H,8H2. The monoisotopic (exact) mass is 314 g/mol. The highest BCUT2D eigenvalue weighted by molar-refractivity contribution is 6.30. The van der Waals surface area contributed by atoms with Crippen molar-refractivity contribution in [1.82, 2.24) is 0 Å². The molecule has 1 saturated heterocycles. The van der Waals surface area contributed by atoms with E-state index < -0.39 is 23.3 Å². The Bertz CT molecular complexity index is 645. The van der Waals surface area contributed by atoms with Crippen molar-refractivity contribution in [2.75, 3.05) is 5.88 Å². The summed E-state index contributed by atoms with van der Waals surface area (Å²) in [6.07, 6.45) is -0.395. The number of benzene rings is 2. The smallest absolute Gasteiger partial charge is 0.141 e. The maximum atomic E-state index is 13.9. The second kappa shape index (κ2) is 4.99. The van der Waals surface area contributed by atoms with Gasteiger partial charge in [0.05, 0.1) is 5.88 Å². The van der Waals surface area contributed by atoms with Crippen LogP contribution in [0.1, 0.15) is 17.2 Å². The molecule has 0 bridgehead atoms. The lowest BCUT2D eigenvalue weighted by Gasteiger charge is -2.11. The van der Waals surface area contributed by atoms with Gasteiger partial charge in [0.15, 0.2) is 0 Å². The van der Waals surface area contributed by atoms with Crippen LogP contribution in [0.15, 0.2) is 42.5 Å². The van der Waals surface area contributed by atoms with Crippen LogP contribution in [0.2, 0.25) is 5.02 Å². The van der Waals surface area contributed by atoms with E-state index in [1.165, 1.54) is 0 Å². The third kappa shape index (κ3) is 2.20. The Labute approximate surface area is 125 Å². The molecule has 0 radical (unpaired) electrons. The molecule has 104 valence electrons. The Morgan fingerprint density at radius 2 is 1.80 bits per heavy atom. The van der Waals surface area contributed by atoms with Crippen LogP contribution >= 0.6 is 23.2 Å². The molecule has 2 atom stereocenters. The highest BCUT2D eigenvalue weighted by Gasteiger charge is 2.59. The Hall–Kier alpha value is -1.16. The third-order valence-electron chi connectivity index (χ3n) is 3.45.